The fourth-order valence-electron chi connectivity index (χ4n) is 3.37. The van der Waals surface area contributed by atoms with Gasteiger partial charge in [-0.15, -0.1) is 0 Å². The summed E-state index contributed by atoms with van der Waals surface area (Å²) in [5.74, 6) is 0. The minimum Gasteiger partial charge on any atom is -0.357 e. The molecule has 0 saturated carbocycles. The van der Waals surface area contributed by atoms with E-state index in [9.17, 15) is 0 Å². The van der Waals surface area contributed by atoms with Crippen LogP contribution in [0.4, 0.5) is 0 Å². The highest BCUT2D eigenvalue weighted by atomic mass is 15.3. The molecule has 2 heteroatoms. The molecule has 0 radical (unpaired) electrons. The average molecular weight is 280 g/mol. The molecule has 0 bridgehead atoms. The maximum Gasteiger partial charge on any atom is 0.0806 e. The van der Waals surface area contributed by atoms with Crippen molar-refractivity contribution in [3.8, 4) is 0 Å². The molecule has 0 aliphatic carbocycles. The van der Waals surface area contributed by atoms with Gasteiger partial charge in [0.05, 0.1) is 6.17 Å². The Morgan fingerprint density at radius 2 is 1.55 bits per heavy atom. The SMILES string of the molecule is CCCCCCC(C)(CCCCCC)N1C=CCC1N. The van der Waals surface area contributed by atoms with Gasteiger partial charge in [0.15, 0.2) is 0 Å². The monoisotopic (exact) mass is 280 g/mol. The van der Waals surface area contributed by atoms with Gasteiger partial charge in [-0.3, -0.25) is 0 Å². The number of rotatable bonds is 11. The maximum absolute atomic E-state index is 6.29. The molecule has 2 N–H and O–H groups in total. The summed E-state index contributed by atoms with van der Waals surface area (Å²) in [4.78, 5) is 2.45. The van der Waals surface area contributed by atoms with Gasteiger partial charge in [0, 0.05) is 12.0 Å². The summed E-state index contributed by atoms with van der Waals surface area (Å²) >= 11 is 0. The van der Waals surface area contributed by atoms with Crippen LogP contribution in [-0.2, 0) is 0 Å². The lowest BCUT2D eigenvalue weighted by Crippen LogP contribution is -2.50. The van der Waals surface area contributed by atoms with Crippen molar-refractivity contribution in [3.63, 3.8) is 0 Å². The maximum atomic E-state index is 6.29. The lowest BCUT2D eigenvalue weighted by molar-refractivity contribution is 0.102. The van der Waals surface area contributed by atoms with E-state index in [1.807, 2.05) is 0 Å². The third-order valence-electron chi connectivity index (χ3n) is 4.76. The molecule has 1 heterocycles. The number of nitrogens with zero attached hydrogens (tertiary/aromatic N) is 1. The fraction of sp³-hybridized carbons (Fsp3) is 0.889. The van der Waals surface area contributed by atoms with Gasteiger partial charge >= 0.3 is 0 Å². The lowest BCUT2D eigenvalue weighted by Gasteiger charge is -2.42. The highest BCUT2D eigenvalue weighted by Crippen LogP contribution is 2.33. The van der Waals surface area contributed by atoms with Crippen molar-refractivity contribution in [2.24, 2.45) is 5.73 Å². The molecule has 1 rings (SSSR count). The second-order valence-corrected chi connectivity index (χ2v) is 6.71. The smallest absolute Gasteiger partial charge is 0.0806 e. The van der Waals surface area contributed by atoms with Crippen LogP contribution in [-0.4, -0.2) is 16.6 Å². The van der Waals surface area contributed by atoms with E-state index in [2.05, 4.69) is 37.9 Å². The molecule has 20 heavy (non-hydrogen) atoms. The quantitative estimate of drug-likeness (QED) is 0.528. The Labute approximate surface area is 126 Å². The summed E-state index contributed by atoms with van der Waals surface area (Å²) in [6, 6.07) is 0. The molecule has 0 amide bonds. The van der Waals surface area contributed by atoms with E-state index >= 15 is 0 Å². The van der Waals surface area contributed by atoms with Crippen molar-refractivity contribution in [3.05, 3.63) is 12.3 Å². The highest BCUT2D eigenvalue weighted by molar-refractivity contribution is 5.03. The minimum atomic E-state index is 0.206. The molecule has 0 aromatic carbocycles. The molecule has 0 spiro atoms. The summed E-state index contributed by atoms with van der Waals surface area (Å²) < 4.78 is 0. The van der Waals surface area contributed by atoms with E-state index in [-0.39, 0.29) is 11.7 Å². The van der Waals surface area contributed by atoms with Crippen LogP contribution in [0.2, 0.25) is 0 Å². The van der Waals surface area contributed by atoms with Gasteiger partial charge in [0.1, 0.15) is 0 Å². The Kier molecular flexibility index (Phi) is 8.28. The molecule has 1 aliphatic rings. The van der Waals surface area contributed by atoms with Crippen molar-refractivity contribution in [1.29, 1.82) is 0 Å². The van der Waals surface area contributed by atoms with Crippen LogP contribution in [0.1, 0.15) is 91.4 Å². The normalized spacial score (nSPS) is 19.0. The van der Waals surface area contributed by atoms with Crippen LogP contribution in [0.3, 0.4) is 0 Å². The standard InChI is InChI=1S/C18H36N2/c1-4-6-8-10-14-18(3,15-11-9-7-5-2)20-16-12-13-17(20)19/h12,16-17H,4-11,13-15,19H2,1-3H3. The second kappa shape index (κ2) is 9.44. The fourth-order valence-corrected chi connectivity index (χ4v) is 3.37. The van der Waals surface area contributed by atoms with Crippen LogP contribution in [0.5, 0.6) is 0 Å². The van der Waals surface area contributed by atoms with Crippen LogP contribution >= 0.6 is 0 Å². The molecule has 0 fully saturated rings. The van der Waals surface area contributed by atoms with Crippen LogP contribution in [0.25, 0.3) is 0 Å². The van der Waals surface area contributed by atoms with Crippen LogP contribution < -0.4 is 5.73 Å². The van der Waals surface area contributed by atoms with E-state index in [0.717, 1.165) is 6.42 Å². The summed E-state index contributed by atoms with van der Waals surface area (Å²) in [5.41, 5.74) is 6.56. The first-order chi connectivity index (χ1) is 9.64. The predicted molar refractivity (Wildman–Crippen MR) is 89.5 cm³/mol. The molecule has 2 nitrogen and oxygen atoms in total. The Hall–Kier alpha value is -0.500. The molecule has 0 aromatic heterocycles. The van der Waals surface area contributed by atoms with E-state index in [1.165, 1.54) is 64.2 Å². The molecule has 1 unspecified atom stereocenters. The van der Waals surface area contributed by atoms with Crippen molar-refractivity contribution in [2.45, 2.75) is 103 Å². The number of hydrogen-bond donors (Lipinski definition) is 1. The summed E-state index contributed by atoms with van der Waals surface area (Å²) in [5, 5.41) is 0. The van der Waals surface area contributed by atoms with Gasteiger partial charge in [-0.1, -0.05) is 71.3 Å². The first kappa shape index (κ1) is 17.6. The Morgan fingerprint density at radius 3 is 1.95 bits per heavy atom. The highest BCUT2D eigenvalue weighted by Gasteiger charge is 2.33. The third-order valence-corrected chi connectivity index (χ3v) is 4.76. The van der Waals surface area contributed by atoms with Gasteiger partial charge < -0.3 is 10.6 Å². The van der Waals surface area contributed by atoms with Gasteiger partial charge in [-0.05, 0) is 26.0 Å². The summed E-state index contributed by atoms with van der Waals surface area (Å²) in [7, 11) is 0. The first-order valence-electron chi connectivity index (χ1n) is 8.84. The number of unbranched alkanes of at least 4 members (excludes halogenated alkanes) is 6. The Balaban J connectivity index is 2.50. The predicted octanol–water partition coefficient (Wildman–Crippen LogP) is 5.19. The van der Waals surface area contributed by atoms with Gasteiger partial charge in [-0.2, -0.15) is 0 Å². The lowest BCUT2D eigenvalue weighted by atomic mass is 9.86. The minimum absolute atomic E-state index is 0.206. The zero-order chi connectivity index (χ0) is 14.8. The van der Waals surface area contributed by atoms with Crippen LogP contribution in [0, 0.1) is 0 Å². The largest absolute Gasteiger partial charge is 0.357 e. The Morgan fingerprint density at radius 1 is 1.00 bits per heavy atom. The summed E-state index contributed by atoms with van der Waals surface area (Å²) in [6.45, 7) is 6.99. The van der Waals surface area contributed by atoms with E-state index in [4.69, 9.17) is 5.73 Å². The number of hydrogen-bond acceptors (Lipinski definition) is 2. The first-order valence-corrected chi connectivity index (χ1v) is 8.84. The van der Waals surface area contributed by atoms with Crippen molar-refractivity contribution in [1.82, 2.24) is 4.90 Å². The molecule has 0 aromatic rings. The molecule has 1 aliphatic heterocycles. The zero-order valence-electron chi connectivity index (χ0n) is 14.0. The van der Waals surface area contributed by atoms with Gasteiger partial charge in [0.25, 0.3) is 0 Å². The van der Waals surface area contributed by atoms with E-state index in [1.54, 1.807) is 0 Å². The van der Waals surface area contributed by atoms with Crippen molar-refractivity contribution < 1.29 is 0 Å². The van der Waals surface area contributed by atoms with Gasteiger partial charge in [-0.25, -0.2) is 0 Å². The third kappa shape index (κ3) is 5.47. The molecule has 118 valence electrons. The topological polar surface area (TPSA) is 29.3 Å². The van der Waals surface area contributed by atoms with E-state index < -0.39 is 0 Å². The average Bonchev–Trinajstić information content (AvgIpc) is 2.87. The molecule has 1 atom stereocenters. The molecular formula is C18H36N2. The zero-order valence-corrected chi connectivity index (χ0v) is 14.0. The van der Waals surface area contributed by atoms with Crippen molar-refractivity contribution >= 4 is 0 Å². The molecular weight excluding hydrogens is 244 g/mol. The van der Waals surface area contributed by atoms with Crippen LogP contribution in [0.15, 0.2) is 12.3 Å². The van der Waals surface area contributed by atoms with Crippen molar-refractivity contribution in [2.75, 3.05) is 0 Å². The molecule has 0 saturated heterocycles. The summed E-state index contributed by atoms with van der Waals surface area (Å²) in [6.07, 6.45) is 19.1. The van der Waals surface area contributed by atoms with E-state index in [0.29, 0.717) is 0 Å². The second-order valence-electron chi connectivity index (χ2n) is 6.71. The van der Waals surface area contributed by atoms with Gasteiger partial charge in [0.2, 0.25) is 0 Å². The number of nitrogens with two attached hydrogens (primary N) is 1. The Bertz CT molecular complexity index is 261.